The molecule has 5 nitrogen and oxygen atoms in total. The highest BCUT2D eigenvalue weighted by atomic mass is 79.9. The molecule has 0 aliphatic heterocycles. The molecule has 0 unspecified atom stereocenters. The molecule has 0 spiro atoms. The molecule has 1 aromatic rings. The normalized spacial score (nSPS) is 17.6. The van der Waals surface area contributed by atoms with Gasteiger partial charge in [0, 0.05) is 6.54 Å². The molecule has 0 atom stereocenters. The summed E-state index contributed by atoms with van der Waals surface area (Å²) < 4.78 is 1.97. The number of aromatic nitrogens is 2. The van der Waals surface area contributed by atoms with Crippen LogP contribution in [0.15, 0.2) is 15.5 Å². The van der Waals surface area contributed by atoms with Gasteiger partial charge in [-0.05, 0) is 34.7 Å². The molecule has 20 heavy (non-hydrogen) atoms. The van der Waals surface area contributed by atoms with Crippen LogP contribution < -0.4 is 10.9 Å². The molecule has 0 radical (unpaired) electrons. The first-order chi connectivity index (χ1) is 9.47. The summed E-state index contributed by atoms with van der Waals surface area (Å²) in [5.74, 6) is 0.365. The van der Waals surface area contributed by atoms with E-state index in [1.807, 2.05) is 13.8 Å². The van der Waals surface area contributed by atoms with Crippen LogP contribution in [-0.2, 0) is 6.54 Å². The van der Waals surface area contributed by atoms with Gasteiger partial charge in [0.15, 0.2) is 0 Å². The van der Waals surface area contributed by atoms with Crippen LogP contribution in [0.25, 0.3) is 0 Å². The molecule has 0 saturated heterocycles. The van der Waals surface area contributed by atoms with Crippen LogP contribution in [-0.4, -0.2) is 27.0 Å². The van der Waals surface area contributed by atoms with Gasteiger partial charge in [-0.15, -0.1) is 0 Å². The highest BCUT2D eigenvalue weighted by molar-refractivity contribution is 9.10. The lowest BCUT2D eigenvalue weighted by atomic mass is 9.99. The van der Waals surface area contributed by atoms with E-state index in [0.29, 0.717) is 22.6 Å². The Balaban J connectivity index is 2.25. The first-order valence-electron chi connectivity index (χ1n) is 7.12. The largest absolute Gasteiger partial charge is 0.394 e. The average Bonchev–Trinajstić information content (AvgIpc) is 2.87. The van der Waals surface area contributed by atoms with Crippen LogP contribution in [0.4, 0.5) is 5.69 Å². The summed E-state index contributed by atoms with van der Waals surface area (Å²) in [6, 6.07) is 0. The number of hydrogen-bond acceptors (Lipinski definition) is 4. The molecule has 0 bridgehead atoms. The van der Waals surface area contributed by atoms with Crippen molar-refractivity contribution in [3.05, 3.63) is 21.0 Å². The summed E-state index contributed by atoms with van der Waals surface area (Å²) in [6.45, 7) is 4.78. The highest BCUT2D eigenvalue weighted by Gasteiger charge is 2.33. The number of nitrogens with one attached hydrogen (secondary N) is 1. The van der Waals surface area contributed by atoms with E-state index in [4.69, 9.17) is 0 Å². The number of nitrogens with zero attached hydrogens (tertiary/aromatic N) is 2. The minimum atomic E-state index is -0.305. The number of hydrogen-bond donors (Lipinski definition) is 2. The Labute approximate surface area is 127 Å². The van der Waals surface area contributed by atoms with Crippen molar-refractivity contribution in [1.29, 1.82) is 0 Å². The molecule has 1 heterocycles. The number of aliphatic hydroxyl groups is 1. The van der Waals surface area contributed by atoms with E-state index in [2.05, 4.69) is 26.3 Å². The fraction of sp³-hybridized carbons (Fsp3) is 0.714. The van der Waals surface area contributed by atoms with E-state index in [1.54, 1.807) is 6.20 Å². The Bertz CT molecular complexity index is 522. The van der Waals surface area contributed by atoms with Crippen LogP contribution in [0.1, 0.15) is 39.5 Å². The SMILES string of the molecule is CC(C)Cn1ncc(NC2(CO)CCCC2)c(Br)c1=O. The summed E-state index contributed by atoms with van der Waals surface area (Å²) in [4.78, 5) is 12.2. The topological polar surface area (TPSA) is 67.2 Å². The van der Waals surface area contributed by atoms with E-state index in [0.717, 1.165) is 25.7 Å². The van der Waals surface area contributed by atoms with Crippen LogP contribution in [0.2, 0.25) is 0 Å². The van der Waals surface area contributed by atoms with Gasteiger partial charge in [0.05, 0.1) is 24.0 Å². The van der Waals surface area contributed by atoms with Gasteiger partial charge >= 0.3 is 0 Å². The van der Waals surface area contributed by atoms with Gasteiger partial charge in [-0.3, -0.25) is 4.79 Å². The van der Waals surface area contributed by atoms with E-state index in [9.17, 15) is 9.90 Å². The zero-order chi connectivity index (χ0) is 14.8. The highest BCUT2D eigenvalue weighted by Crippen LogP contribution is 2.33. The minimum Gasteiger partial charge on any atom is -0.394 e. The first kappa shape index (κ1) is 15.5. The zero-order valence-electron chi connectivity index (χ0n) is 12.0. The van der Waals surface area contributed by atoms with Crippen LogP contribution in [0.5, 0.6) is 0 Å². The van der Waals surface area contributed by atoms with Crippen molar-refractivity contribution in [2.24, 2.45) is 5.92 Å². The van der Waals surface area contributed by atoms with E-state index >= 15 is 0 Å². The Morgan fingerprint density at radius 3 is 2.70 bits per heavy atom. The maximum atomic E-state index is 12.2. The van der Waals surface area contributed by atoms with Gasteiger partial charge in [-0.2, -0.15) is 5.10 Å². The molecule has 0 aromatic carbocycles. The molecule has 2 rings (SSSR count). The number of halogens is 1. The van der Waals surface area contributed by atoms with Crippen molar-refractivity contribution in [3.8, 4) is 0 Å². The Kier molecular flexibility index (Phi) is 4.86. The lowest BCUT2D eigenvalue weighted by Gasteiger charge is -2.29. The monoisotopic (exact) mass is 343 g/mol. The Morgan fingerprint density at radius 1 is 1.50 bits per heavy atom. The molecule has 0 amide bonds. The molecular formula is C14H22BrN3O2. The predicted octanol–water partition coefficient (Wildman–Crippen LogP) is 2.38. The molecule has 1 aliphatic carbocycles. The summed E-state index contributed by atoms with van der Waals surface area (Å²) >= 11 is 3.36. The lowest BCUT2D eigenvalue weighted by Crippen LogP contribution is -2.40. The molecule has 2 N–H and O–H groups in total. The van der Waals surface area contributed by atoms with Crippen molar-refractivity contribution in [2.75, 3.05) is 11.9 Å². The molecular weight excluding hydrogens is 322 g/mol. The van der Waals surface area contributed by atoms with E-state index < -0.39 is 0 Å². The Hall–Kier alpha value is -0.880. The maximum Gasteiger partial charge on any atom is 0.283 e. The van der Waals surface area contributed by atoms with Gasteiger partial charge in [-0.25, -0.2) is 4.68 Å². The van der Waals surface area contributed by atoms with Crippen molar-refractivity contribution < 1.29 is 5.11 Å². The molecule has 112 valence electrons. The zero-order valence-corrected chi connectivity index (χ0v) is 13.6. The van der Waals surface area contributed by atoms with E-state index in [-0.39, 0.29) is 17.7 Å². The quantitative estimate of drug-likeness (QED) is 0.861. The molecule has 1 aromatic heterocycles. The minimum absolute atomic E-state index is 0.0779. The first-order valence-corrected chi connectivity index (χ1v) is 7.91. The predicted molar refractivity (Wildman–Crippen MR) is 82.9 cm³/mol. The third-order valence-electron chi connectivity index (χ3n) is 3.79. The van der Waals surface area contributed by atoms with Crippen LogP contribution in [0.3, 0.4) is 0 Å². The fourth-order valence-electron chi connectivity index (χ4n) is 2.69. The number of rotatable bonds is 5. The van der Waals surface area contributed by atoms with Crippen molar-refractivity contribution >= 4 is 21.6 Å². The standard InChI is InChI=1S/C14H22BrN3O2/c1-10(2)8-18-13(20)12(15)11(7-16-18)17-14(9-19)5-3-4-6-14/h7,10,17,19H,3-6,8-9H2,1-2H3. The van der Waals surface area contributed by atoms with Crippen molar-refractivity contribution in [2.45, 2.75) is 51.6 Å². The fourth-order valence-corrected chi connectivity index (χ4v) is 3.09. The maximum absolute atomic E-state index is 12.2. The summed E-state index contributed by atoms with van der Waals surface area (Å²) in [5, 5.41) is 17.2. The smallest absolute Gasteiger partial charge is 0.283 e. The second kappa shape index (κ2) is 6.26. The molecule has 1 aliphatic rings. The summed E-state index contributed by atoms with van der Waals surface area (Å²) in [7, 11) is 0. The van der Waals surface area contributed by atoms with Crippen LogP contribution >= 0.6 is 15.9 Å². The Morgan fingerprint density at radius 2 is 2.15 bits per heavy atom. The van der Waals surface area contributed by atoms with Gasteiger partial charge in [0.1, 0.15) is 4.47 Å². The molecule has 1 fully saturated rings. The lowest BCUT2D eigenvalue weighted by molar-refractivity contribution is 0.214. The third kappa shape index (κ3) is 3.23. The number of aliphatic hydroxyl groups excluding tert-OH is 1. The second-order valence-electron chi connectivity index (χ2n) is 6.02. The van der Waals surface area contributed by atoms with E-state index in [1.165, 1.54) is 4.68 Å². The summed E-state index contributed by atoms with van der Waals surface area (Å²) in [5.41, 5.74) is 0.238. The summed E-state index contributed by atoms with van der Waals surface area (Å²) in [6.07, 6.45) is 5.71. The van der Waals surface area contributed by atoms with Gasteiger partial charge in [0.2, 0.25) is 0 Å². The van der Waals surface area contributed by atoms with Gasteiger partial charge < -0.3 is 10.4 Å². The molecule has 1 saturated carbocycles. The third-order valence-corrected chi connectivity index (χ3v) is 4.55. The number of anilines is 1. The van der Waals surface area contributed by atoms with Gasteiger partial charge in [0.25, 0.3) is 5.56 Å². The molecule has 6 heteroatoms. The van der Waals surface area contributed by atoms with Crippen molar-refractivity contribution in [3.63, 3.8) is 0 Å². The van der Waals surface area contributed by atoms with Crippen LogP contribution in [0, 0.1) is 5.92 Å². The van der Waals surface area contributed by atoms with Crippen molar-refractivity contribution in [1.82, 2.24) is 9.78 Å². The second-order valence-corrected chi connectivity index (χ2v) is 6.82. The van der Waals surface area contributed by atoms with Gasteiger partial charge in [-0.1, -0.05) is 26.7 Å². The average molecular weight is 344 g/mol.